The second-order valence-electron chi connectivity index (χ2n) is 7.60. The first-order valence-corrected chi connectivity index (χ1v) is 11.3. The summed E-state index contributed by atoms with van der Waals surface area (Å²) in [5.74, 6) is 0.851. The number of halogens is 2. The van der Waals surface area contributed by atoms with Gasteiger partial charge in [0.15, 0.2) is 17.5 Å². The van der Waals surface area contributed by atoms with Crippen LogP contribution in [-0.4, -0.2) is 48.6 Å². The van der Waals surface area contributed by atoms with Gasteiger partial charge in [-0.3, -0.25) is 4.90 Å². The third-order valence-electron chi connectivity index (χ3n) is 5.28. The highest BCUT2D eigenvalue weighted by Crippen LogP contribution is 2.21. The van der Waals surface area contributed by atoms with E-state index >= 15 is 0 Å². The Balaban J connectivity index is 0.00000341. The zero-order valence-electron chi connectivity index (χ0n) is 18.7. The van der Waals surface area contributed by atoms with Gasteiger partial charge >= 0.3 is 0 Å². The average Bonchev–Trinajstić information content (AvgIpc) is 3.05. The first-order chi connectivity index (χ1) is 14.5. The molecule has 2 aromatic rings. The Kier molecular flexibility index (Phi) is 10.4. The number of rotatable bonds is 7. The molecular weight excluding hydrogens is 528 g/mol. The van der Waals surface area contributed by atoms with Gasteiger partial charge in [0.1, 0.15) is 0 Å². The van der Waals surface area contributed by atoms with Gasteiger partial charge in [-0.2, -0.15) is 0 Å². The molecule has 6 nitrogen and oxygen atoms in total. The van der Waals surface area contributed by atoms with E-state index in [0.29, 0.717) is 18.3 Å². The van der Waals surface area contributed by atoms with Crippen LogP contribution in [0.1, 0.15) is 40.9 Å². The minimum atomic E-state index is -0.301. The van der Waals surface area contributed by atoms with Crippen LogP contribution >= 0.6 is 35.3 Å². The van der Waals surface area contributed by atoms with Gasteiger partial charge in [-0.15, -0.1) is 35.3 Å². The number of aliphatic imine (C=N–C) groups is 1. The van der Waals surface area contributed by atoms with Gasteiger partial charge < -0.3 is 15.4 Å². The molecule has 1 aliphatic rings. The molecule has 0 radical (unpaired) electrons. The van der Waals surface area contributed by atoms with Crippen LogP contribution in [0.3, 0.4) is 0 Å². The molecule has 0 unspecified atom stereocenters. The molecule has 0 aliphatic carbocycles. The van der Waals surface area contributed by atoms with Crippen LogP contribution in [0, 0.1) is 19.7 Å². The SMILES string of the molecule is CCNC(=NCc1sc(C)nc1C)NC1CCN(Cc2ccc(OC)c(F)c2)CC1.I. The summed E-state index contributed by atoms with van der Waals surface area (Å²) < 4.78 is 18.9. The smallest absolute Gasteiger partial charge is 0.191 e. The second kappa shape index (κ2) is 12.5. The van der Waals surface area contributed by atoms with Crippen molar-refractivity contribution in [3.8, 4) is 5.75 Å². The highest BCUT2D eigenvalue weighted by atomic mass is 127. The first kappa shape index (κ1) is 25.8. The summed E-state index contributed by atoms with van der Waals surface area (Å²) in [6.45, 7) is 10.3. The van der Waals surface area contributed by atoms with Crippen LogP contribution in [0.2, 0.25) is 0 Å². The Morgan fingerprint density at radius 2 is 2.06 bits per heavy atom. The molecule has 1 aromatic heterocycles. The maximum absolute atomic E-state index is 13.9. The Bertz CT molecular complexity index is 868. The van der Waals surface area contributed by atoms with Gasteiger partial charge in [-0.1, -0.05) is 6.07 Å². The number of piperidine rings is 1. The number of ether oxygens (including phenoxy) is 1. The Morgan fingerprint density at radius 3 is 2.65 bits per heavy atom. The number of guanidine groups is 1. The predicted molar refractivity (Wildman–Crippen MR) is 136 cm³/mol. The van der Waals surface area contributed by atoms with Crippen LogP contribution < -0.4 is 15.4 Å². The molecule has 0 amide bonds. The number of likely N-dealkylation sites (tertiary alicyclic amines) is 1. The third-order valence-corrected chi connectivity index (χ3v) is 6.33. The molecule has 1 aromatic carbocycles. The lowest BCUT2D eigenvalue weighted by Gasteiger charge is -2.33. The van der Waals surface area contributed by atoms with E-state index in [1.54, 1.807) is 23.5 Å². The highest BCUT2D eigenvalue weighted by molar-refractivity contribution is 14.0. The van der Waals surface area contributed by atoms with E-state index in [1.165, 1.54) is 12.0 Å². The number of benzene rings is 1. The van der Waals surface area contributed by atoms with E-state index in [2.05, 4.69) is 27.4 Å². The summed E-state index contributed by atoms with van der Waals surface area (Å²) in [5, 5.41) is 8.02. The number of nitrogens with one attached hydrogen (secondary N) is 2. The zero-order valence-corrected chi connectivity index (χ0v) is 21.9. The van der Waals surface area contributed by atoms with Crippen molar-refractivity contribution in [1.82, 2.24) is 20.5 Å². The van der Waals surface area contributed by atoms with E-state index in [9.17, 15) is 4.39 Å². The monoisotopic (exact) mass is 561 g/mol. The molecule has 0 atom stereocenters. The largest absolute Gasteiger partial charge is 0.494 e. The maximum Gasteiger partial charge on any atom is 0.191 e. The van der Waals surface area contributed by atoms with Crippen LogP contribution in [-0.2, 0) is 13.1 Å². The van der Waals surface area contributed by atoms with E-state index in [0.717, 1.165) is 61.2 Å². The first-order valence-electron chi connectivity index (χ1n) is 10.5. The molecule has 0 saturated carbocycles. The zero-order chi connectivity index (χ0) is 21.5. The maximum atomic E-state index is 13.9. The summed E-state index contributed by atoms with van der Waals surface area (Å²) in [6, 6.07) is 5.59. The number of hydrogen-bond donors (Lipinski definition) is 2. The minimum absolute atomic E-state index is 0. The molecule has 1 saturated heterocycles. The second-order valence-corrected chi connectivity index (χ2v) is 8.89. The Hall–Kier alpha value is -1.46. The van der Waals surface area contributed by atoms with Crippen molar-refractivity contribution in [2.75, 3.05) is 26.7 Å². The topological polar surface area (TPSA) is 61.8 Å². The van der Waals surface area contributed by atoms with Crippen molar-refractivity contribution in [2.45, 2.75) is 52.7 Å². The standard InChI is InChI=1S/C22H32FN5OS.HI/c1-5-24-22(25-13-21-15(2)26-16(3)30-21)27-18-8-10-28(11-9-18)14-17-6-7-20(29-4)19(23)12-17;/h6-7,12,18H,5,8-11,13-14H2,1-4H3,(H2,24,25,27);1H. The molecule has 9 heteroatoms. The summed E-state index contributed by atoms with van der Waals surface area (Å²) in [7, 11) is 1.49. The normalized spacial score (nSPS) is 15.5. The lowest BCUT2D eigenvalue weighted by molar-refractivity contribution is 0.198. The number of aromatic nitrogens is 1. The van der Waals surface area contributed by atoms with E-state index in [4.69, 9.17) is 9.73 Å². The van der Waals surface area contributed by atoms with Crippen molar-refractivity contribution < 1.29 is 9.13 Å². The molecule has 31 heavy (non-hydrogen) atoms. The molecule has 0 spiro atoms. The molecule has 3 rings (SSSR count). The Labute approximate surface area is 205 Å². The van der Waals surface area contributed by atoms with Crippen molar-refractivity contribution in [2.24, 2.45) is 4.99 Å². The van der Waals surface area contributed by atoms with E-state index < -0.39 is 0 Å². The number of methoxy groups -OCH3 is 1. The molecular formula is C22H33FIN5OS. The van der Waals surface area contributed by atoms with Crippen LogP contribution in [0.25, 0.3) is 0 Å². The molecule has 1 fully saturated rings. The summed E-state index contributed by atoms with van der Waals surface area (Å²) in [6.07, 6.45) is 2.06. The number of aryl methyl sites for hydroxylation is 2. The minimum Gasteiger partial charge on any atom is -0.494 e. The number of thiazole rings is 1. The van der Waals surface area contributed by atoms with E-state index in [-0.39, 0.29) is 29.8 Å². The highest BCUT2D eigenvalue weighted by Gasteiger charge is 2.20. The van der Waals surface area contributed by atoms with Crippen LogP contribution in [0.15, 0.2) is 23.2 Å². The quantitative estimate of drug-likeness (QED) is 0.301. The molecule has 2 N–H and O–H groups in total. The lowest BCUT2D eigenvalue weighted by atomic mass is 10.0. The fourth-order valence-electron chi connectivity index (χ4n) is 3.69. The third kappa shape index (κ3) is 7.57. The molecule has 0 bridgehead atoms. The van der Waals surface area contributed by atoms with Gasteiger partial charge in [0.2, 0.25) is 0 Å². The van der Waals surface area contributed by atoms with Crippen molar-refractivity contribution >= 4 is 41.3 Å². The number of nitrogens with zero attached hydrogens (tertiary/aromatic N) is 3. The van der Waals surface area contributed by atoms with Gasteiger partial charge in [0, 0.05) is 37.1 Å². The summed E-state index contributed by atoms with van der Waals surface area (Å²) >= 11 is 1.71. The van der Waals surface area contributed by atoms with Crippen molar-refractivity contribution in [3.05, 3.63) is 45.2 Å². The van der Waals surface area contributed by atoms with Crippen LogP contribution in [0.5, 0.6) is 5.75 Å². The van der Waals surface area contributed by atoms with E-state index in [1.807, 2.05) is 19.9 Å². The van der Waals surface area contributed by atoms with Crippen LogP contribution in [0.4, 0.5) is 4.39 Å². The average molecular weight is 562 g/mol. The fraction of sp³-hybridized carbons (Fsp3) is 0.545. The van der Waals surface area contributed by atoms with Gasteiger partial charge in [0.25, 0.3) is 0 Å². The van der Waals surface area contributed by atoms with Crippen molar-refractivity contribution in [1.29, 1.82) is 0 Å². The van der Waals surface area contributed by atoms with Gasteiger partial charge in [0.05, 0.1) is 24.4 Å². The van der Waals surface area contributed by atoms with Gasteiger partial charge in [-0.05, 0) is 51.3 Å². The predicted octanol–water partition coefficient (Wildman–Crippen LogP) is 4.25. The molecule has 2 heterocycles. The summed E-state index contributed by atoms with van der Waals surface area (Å²) in [5.41, 5.74) is 2.05. The lowest BCUT2D eigenvalue weighted by Crippen LogP contribution is -2.48. The van der Waals surface area contributed by atoms with Gasteiger partial charge in [-0.25, -0.2) is 14.4 Å². The fourth-order valence-corrected chi connectivity index (χ4v) is 4.55. The Morgan fingerprint density at radius 1 is 1.32 bits per heavy atom. The van der Waals surface area contributed by atoms with Crippen molar-refractivity contribution in [3.63, 3.8) is 0 Å². The molecule has 1 aliphatic heterocycles. The summed E-state index contributed by atoms with van der Waals surface area (Å²) in [4.78, 5) is 12.8. The number of hydrogen-bond acceptors (Lipinski definition) is 5. The molecule has 172 valence electrons.